The molecule has 1 aliphatic rings. The molecule has 0 radical (unpaired) electrons. The molecular weight excluding hydrogens is 320 g/mol. The first-order valence-corrected chi connectivity index (χ1v) is 9.09. The monoisotopic (exact) mass is 340 g/mol. The van der Waals surface area contributed by atoms with Crippen molar-refractivity contribution >= 4 is 23.6 Å². The lowest BCUT2D eigenvalue weighted by Crippen LogP contribution is -2.40. The van der Waals surface area contributed by atoms with E-state index in [0.29, 0.717) is 24.7 Å². The Bertz CT molecular complexity index is 650. The van der Waals surface area contributed by atoms with Gasteiger partial charge in [-0.2, -0.15) is 0 Å². The average Bonchev–Trinajstić information content (AvgIpc) is 3.01. The van der Waals surface area contributed by atoms with Gasteiger partial charge >= 0.3 is 0 Å². The number of hydrogen-bond acceptors (Lipinski definition) is 3. The molecule has 2 aromatic rings. The highest BCUT2D eigenvalue weighted by atomic mass is 32.2. The maximum atomic E-state index is 12.8. The summed E-state index contributed by atoms with van der Waals surface area (Å²) in [6.07, 6.45) is 0. The molecule has 0 N–H and O–H groups in total. The number of carbonyl (C=O) groups excluding carboxylic acids is 2. The van der Waals surface area contributed by atoms with Gasteiger partial charge in [-0.25, -0.2) is 0 Å². The molecule has 1 aliphatic heterocycles. The molecule has 0 atom stereocenters. The van der Waals surface area contributed by atoms with Crippen LogP contribution in [0.2, 0.25) is 0 Å². The minimum atomic E-state index is -0.0152. The van der Waals surface area contributed by atoms with Crippen molar-refractivity contribution in [2.75, 3.05) is 18.2 Å². The number of nitrogens with zero attached hydrogens (tertiary/aromatic N) is 2. The van der Waals surface area contributed by atoms with Gasteiger partial charge in [-0.05, 0) is 11.1 Å². The third-order valence-electron chi connectivity index (χ3n) is 3.94. The summed E-state index contributed by atoms with van der Waals surface area (Å²) in [6, 6.07) is 19.9. The van der Waals surface area contributed by atoms with Gasteiger partial charge in [-0.1, -0.05) is 60.7 Å². The molecule has 2 amide bonds. The van der Waals surface area contributed by atoms with Gasteiger partial charge in [-0.3, -0.25) is 9.59 Å². The SMILES string of the molecule is O=C1CSCN1CC(=O)N(Cc1ccccc1)Cc1ccccc1. The van der Waals surface area contributed by atoms with E-state index in [9.17, 15) is 9.59 Å². The van der Waals surface area contributed by atoms with E-state index in [1.165, 1.54) is 0 Å². The molecule has 4 nitrogen and oxygen atoms in total. The molecule has 124 valence electrons. The van der Waals surface area contributed by atoms with Gasteiger partial charge in [0, 0.05) is 13.1 Å². The Hall–Kier alpha value is -2.27. The number of amides is 2. The van der Waals surface area contributed by atoms with Crippen LogP contribution in [-0.2, 0) is 22.7 Å². The van der Waals surface area contributed by atoms with Gasteiger partial charge in [-0.15, -0.1) is 11.8 Å². The maximum absolute atomic E-state index is 12.8. The second kappa shape index (κ2) is 8.02. The van der Waals surface area contributed by atoms with Gasteiger partial charge in [0.2, 0.25) is 11.8 Å². The van der Waals surface area contributed by atoms with Gasteiger partial charge < -0.3 is 9.80 Å². The highest BCUT2D eigenvalue weighted by Crippen LogP contribution is 2.16. The Balaban J connectivity index is 1.73. The first-order chi connectivity index (χ1) is 11.7. The second-order valence-electron chi connectivity index (χ2n) is 5.79. The van der Waals surface area contributed by atoms with Crippen LogP contribution in [0.3, 0.4) is 0 Å². The van der Waals surface area contributed by atoms with E-state index < -0.39 is 0 Å². The molecule has 2 aromatic carbocycles. The van der Waals surface area contributed by atoms with E-state index in [-0.39, 0.29) is 18.4 Å². The molecule has 1 heterocycles. The first-order valence-electron chi connectivity index (χ1n) is 7.93. The fraction of sp³-hybridized carbons (Fsp3) is 0.263. The quantitative estimate of drug-likeness (QED) is 0.812. The van der Waals surface area contributed by atoms with Crippen LogP contribution in [0.5, 0.6) is 0 Å². The highest BCUT2D eigenvalue weighted by Gasteiger charge is 2.25. The zero-order chi connectivity index (χ0) is 16.8. The van der Waals surface area contributed by atoms with Gasteiger partial charge in [0.15, 0.2) is 0 Å². The molecule has 0 aliphatic carbocycles. The topological polar surface area (TPSA) is 40.6 Å². The number of hydrogen-bond donors (Lipinski definition) is 0. The van der Waals surface area contributed by atoms with Crippen LogP contribution in [0.1, 0.15) is 11.1 Å². The summed E-state index contributed by atoms with van der Waals surface area (Å²) >= 11 is 1.56. The van der Waals surface area contributed by atoms with Crippen LogP contribution in [0.15, 0.2) is 60.7 Å². The summed E-state index contributed by atoms with van der Waals surface area (Å²) in [5.41, 5.74) is 2.17. The number of thioether (sulfide) groups is 1. The molecule has 0 bridgehead atoms. The van der Waals surface area contributed by atoms with E-state index in [1.807, 2.05) is 65.6 Å². The largest absolute Gasteiger partial charge is 0.333 e. The molecular formula is C19H20N2O2S. The van der Waals surface area contributed by atoms with E-state index in [2.05, 4.69) is 0 Å². The van der Waals surface area contributed by atoms with Gasteiger partial charge in [0.1, 0.15) is 6.54 Å². The predicted molar refractivity (Wildman–Crippen MR) is 96.2 cm³/mol. The third kappa shape index (κ3) is 4.38. The Morgan fingerprint density at radius 2 is 1.50 bits per heavy atom. The summed E-state index contributed by atoms with van der Waals surface area (Å²) in [7, 11) is 0. The summed E-state index contributed by atoms with van der Waals surface area (Å²) < 4.78 is 0. The lowest BCUT2D eigenvalue weighted by Gasteiger charge is -2.25. The van der Waals surface area contributed by atoms with E-state index in [4.69, 9.17) is 0 Å². The van der Waals surface area contributed by atoms with Crippen LogP contribution >= 0.6 is 11.8 Å². The summed E-state index contributed by atoms with van der Waals surface area (Å²) in [6.45, 7) is 1.25. The summed E-state index contributed by atoms with van der Waals surface area (Å²) in [5.74, 6) is 1.12. The molecule has 0 unspecified atom stereocenters. The smallest absolute Gasteiger partial charge is 0.242 e. The van der Waals surface area contributed by atoms with Crippen LogP contribution in [-0.4, -0.2) is 39.8 Å². The molecule has 3 rings (SSSR count). The van der Waals surface area contributed by atoms with Crippen molar-refractivity contribution in [2.45, 2.75) is 13.1 Å². The van der Waals surface area contributed by atoms with Crippen molar-refractivity contribution in [2.24, 2.45) is 0 Å². The normalized spacial score (nSPS) is 14.0. The maximum Gasteiger partial charge on any atom is 0.242 e. The Morgan fingerprint density at radius 3 is 1.96 bits per heavy atom. The van der Waals surface area contributed by atoms with Crippen molar-refractivity contribution in [3.8, 4) is 0 Å². The van der Waals surface area contributed by atoms with Gasteiger partial charge in [0.05, 0.1) is 11.6 Å². The highest BCUT2D eigenvalue weighted by molar-refractivity contribution is 8.00. The zero-order valence-electron chi connectivity index (χ0n) is 13.4. The van der Waals surface area contributed by atoms with Crippen LogP contribution in [0.4, 0.5) is 0 Å². The predicted octanol–water partition coefficient (Wildman–Crippen LogP) is 2.75. The molecule has 1 fully saturated rings. The lowest BCUT2D eigenvalue weighted by molar-refractivity contribution is -0.138. The lowest BCUT2D eigenvalue weighted by atomic mass is 10.1. The van der Waals surface area contributed by atoms with Crippen LogP contribution in [0, 0.1) is 0 Å². The molecule has 0 aromatic heterocycles. The number of rotatable bonds is 6. The van der Waals surface area contributed by atoms with Crippen molar-refractivity contribution in [1.29, 1.82) is 0 Å². The molecule has 0 saturated carbocycles. The van der Waals surface area contributed by atoms with Crippen LogP contribution in [0.25, 0.3) is 0 Å². The van der Waals surface area contributed by atoms with E-state index in [0.717, 1.165) is 11.1 Å². The number of carbonyl (C=O) groups is 2. The summed E-state index contributed by atoms with van der Waals surface area (Å²) in [4.78, 5) is 28.0. The van der Waals surface area contributed by atoms with Crippen molar-refractivity contribution in [1.82, 2.24) is 9.80 Å². The zero-order valence-corrected chi connectivity index (χ0v) is 14.2. The van der Waals surface area contributed by atoms with Crippen molar-refractivity contribution in [3.63, 3.8) is 0 Å². The Morgan fingerprint density at radius 1 is 0.958 bits per heavy atom. The second-order valence-corrected chi connectivity index (χ2v) is 6.75. The van der Waals surface area contributed by atoms with Crippen LogP contribution < -0.4 is 0 Å². The fourth-order valence-electron chi connectivity index (χ4n) is 2.64. The minimum Gasteiger partial charge on any atom is -0.333 e. The molecule has 0 spiro atoms. The summed E-state index contributed by atoms with van der Waals surface area (Å²) in [5, 5.41) is 0. The Labute approximate surface area is 146 Å². The molecule has 5 heteroatoms. The van der Waals surface area contributed by atoms with Gasteiger partial charge in [0.25, 0.3) is 0 Å². The average molecular weight is 340 g/mol. The minimum absolute atomic E-state index is 0.0152. The van der Waals surface area contributed by atoms with E-state index in [1.54, 1.807) is 16.7 Å². The fourth-order valence-corrected chi connectivity index (χ4v) is 3.55. The van der Waals surface area contributed by atoms with Crippen molar-refractivity contribution in [3.05, 3.63) is 71.8 Å². The van der Waals surface area contributed by atoms with Crippen molar-refractivity contribution < 1.29 is 9.59 Å². The molecule has 1 saturated heterocycles. The van der Waals surface area contributed by atoms with E-state index >= 15 is 0 Å². The number of benzene rings is 2. The molecule has 24 heavy (non-hydrogen) atoms. The first kappa shape index (κ1) is 16.6. The Kier molecular flexibility index (Phi) is 5.54. The standard InChI is InChI=1S/C19H20N2O2S/c22-18(13-21-15-24-14-19(21)23)20(11-16-7-3-1-4-8-16)12-17-9-5-2-6-10-17/h1-10H,11-15H2. The third-order valence-corrected chi connectivity index (χ3v) is 4.88.